The quantitative estimate of drug-likeness (QED) is 0.581. The Morgan fingerprint density at radius 1 is 1.22 bits per heavy atom. The maximum absolute atomic E-state index is 5.31. The van der Waals surface area contributed by atoms with Crippen LogP contribution in [0.15, 0.2) is 23.4 Å². The van der Waals surface area contributed by atoms with E-state index >= 15 is 0 Å². The van der Waals surface area contributed by atoms with Crippen molar-refractivity contribution >= 4 is 5.71 Å². The smallest absolute Gasteiger partial charge is 0.116 e. The van der Waals surface area contributed by atoms with Crippen molar-refractivity contribution in [3.05, 3.63) is 34.9 Å². The fourth-order valence-electron chi connectivity index (χ4n) is 2.25. The molecule has 1 aliphatic rings. The van der Waals surface area contributed by atoms with Crippen molar-refractivity contribution in [2.75, 3.05) is 6.61 Å². The van der Waals surface area contributed by atoms with Gasteiger partial charge in [0.1, 0.15) is 6.61 Å². The second-order valence-corrected chi connectivity index (χ2v) is 5.99. The second kappa shape index (κ2) is 5.13. The molecule has 0 heterocycles. The van der Waals surface area contributed by atoms with Gasteiger partial charge in [0.15, 0.2) is 0 Å². The molecule has 0 fully saturated rings. The predicted molar refractivity (Wildman–Crippen MR) is 76.2 cm³/mol. The van der Waals surface area contributed by atoms with Gasteiger partial charge in [0.05, 0.1) is 5.71 Å². The number of aryl methyl sites for hydroxylation is 1. The zero-order valence-electron chi connectivity index (χ0n) is 11.9. The van der Waals surface area contributed by atoms with Gasteiger partial charge in [-0.05, 0) is 35.8 Å². The number of rotatable bonds is 3. The van der Waals surface area contributed by atoms with Gasteiger partial charge < -0.3 is 4.84 Å². The third-order valence-electron chi connectivity index (χ3n) is 3.38. The first kappa shape index (κ1) is 13.1. The number of hydrogen-bond donors (Lipinski definition) is 0. The zero-order chi connectivity index (χ0) is 13.2. The molecule has 2 rings (SSSR count). The Bertz CT molecular complexity index is 455. The predicted octanol–water partition coefficient (Wildman–Crippen LogP) is 4.06. The molecule has 0 amide bonds. The molecule has 0 bridgehead atoms. The summed E-state index contributed by atoms with van der Waals surface area (Å²) in [7, 11) is 0. The molecule has 0 saturated heterocycles. The van der Waals surface area contributed by atoms with Crippen LogP contribution in [-0.4, -0.2) is 12.3 Å². The van der Waals surface area contributed by atoms with Crippen LogP contribution < -0.4 is 0 Å². The second-order valence-electron chi connectivity index (χ2n) is 5.99. The van der Waals surface area contributed by atoms with E-state index in [-0.39, 0.29) is 5.41 Å². The summed E-state index contributed by atoms with van der Waals surface area (Å²) < 4.78 is 0. The maximum atomic E-state index is 5.31. The number of oxime groups is 1. The van der Waals surface area contributed by atoms with Crippen LogP contribution in [0.1, 0.15) is 57.2 Å². The van der Waals surface area contributed by atoms with Gasteiger partial charge in [0.25, 0.3) is 0 Å². The van der Waals surface area contributed by atoms with E-state index in [4.69, 9.17) is 4.84 Å². The number of benzene rings is 1. The summed E-state index contributed by atoms with van der Waals surface area (Å²) >= 11 is 0. The lowest BCUT2D eigenvalue weighted by atomic mass is 9.85. The lowest BCUT2D eigenvalue weighted by Gasteiger charge is -2.19. The normalized spacial score (nSPS) is 17.0. The van der Waals surface area contributed by atoms with E-state index in [0.29, 0.717) is 6.61 Å². The van der Waals surface area contributed by atoms with Crippen LogP contribution in [-0.2, 0) is 16.7 Å². The largest absolute Gasteiger partial charge is 0.396 e. The molecule has 0 spiro atoms. The van der Waals surface area contributed by atoms with Crippen LogP contribution in [0.2, 0.25) is 0 Å². The molecular weight excluding hydrogens is 222 g/mol. The third kappa shape index (κ3) is 2.74. The summed E-state index contributed by atoms with van der Waals surface area (Å²) in [6, 6.07) is 6.76. The first-order valence-electron chi connectivity index (χ1n) is 6.85. The van der Waals surface area contributed by atoms with Crippen molar-refractivity contribution in [2.24, 2.45) is 5.16 Å². The summed E-state index contributed by atoms with van der Waals surface area (Å²) in [5.41, 5.74) is 5.42. The van der Waals surface area contributed by atoms with Gasteiger partial charge in [-0.2, -0.15) is 0 Å². The minimum atomic E-state index is 0.216. The average Bonchev–Trinajstić information content (AvgIpc) is 2.71. The molecule has 18 heavy (non-hydrogen) atoms. The van der Waals surface area contributed by atoms with Crippen molar-refractivity contribution < 1.29 is 4.84 Å². The molecule has 0 unspecified atom stereocenters. The topological polar surface area (TPSA) is 21.6 Å². The SMILES string of the molecule is CCCO/N=C1\CCc2cc(C(C)(C)C)ccc21. The van der Waals surface area contributed by atoms with Crippen molar-refractivity contribution in [2.45, 2.75) is 52.4 Å². The van der Waals surface area contributed by atoms with Crippen LogP contribution in [0.5, 0.6) is 0 Å². The average molecular weight is 245 g/mol. The zero-order valence-corrected chi connectivity index (χ0v) is 11.9. The molecule has 1 aromatic carbocycles. The fraction of sp³-hybridized carbons (Fsp3) is 0.562. The van der Waals surface area contributed by atoms with E-state index in [1.165, 1.54) is 16.7 Å². The minimum Gasteiger partial charge on any atom is -0.396 e. The van der Waals surface area contributed by atoms with Gasteiger partial charge in [-0.1, -0.05) is 51.0 Å². The first-order valence-corrected chi connectivity index (χ1v) is 6.85. The van der Waals surface area contributed by atoms with Gasteiger partial charge in [0.2, 0.25) is 0 Å². The van der Waals surface area contributed by atoms with Gasteiger partial charge in [0, 0.05) is 5.56 Å². The van der Waals surface area contributed by atoms with Gasteiger partial charge in [-0.3, -0.25) is 0 Å². The van der Waals surface area contributed by atoms with Gasteiger partial charge >= 0.3 is 0 Å². The minimum absolute atomic E-state index is 0.216. The standard InChI is InChI=1S/C16H23NO/c1-5-10-18-17-15-9-6-12-11-13(16(2,3)4)7-8-14(12)15/h7-8,11H,5-6,9-10H2,1-4H3/b17-15+. The Morgan fingerprint density at radius 3 is 2.67 bits per heavy atom. The molecule has 0 radical (unpaired) electrons. The van der Waals surface area contributed by atoms with E-state index < -0.39 is 0 Å². The van der Waals surface area contributed by atoms with Crippen LogP contribution in [0, 0.1) is 0 Å². The summed E-state index contributed by atoms with van der Waals surface area (Å²) in [6.07, 6.45) is 3.10. The molecule has 1 aliphatic carbocycles. The maximum Gasteiger partial charge on any atom is 0.116 e. The lowest BCUT2D eigenvalue weighted by Crippen LogP contribution is -2.11. The Labute approximate surface area is 110 Å². The number of nitrogens with zero attached hydrogens (tertiary/aromatic N) is 1. The molecule has 0 saturated carbocycles. The van der Waals surface area contributed by atoms with Crippen molar-refractivity contribution in [3.63, 3.8) is 0 Å². The highest BCUT2D eigenvalue weighted by Gasteiger charge is 2.21. The van der Waals surface area contributed by atoms with Crippen molar-refractivity contribution in [1.29, 1.82) is 0 Å². The first-order chi connectivity index (χ1) is 8.52. The molecule has 0 atom stereocenters. The van der Waals surface area contributed by atoms with Crippen LogP contribution in [0.3, 0.4) is 0 Å². The molecule has 1 aromatic rings. The monoisotopic (exact) mass is 245 g/mol. The molecule has 2 heteroatoms. The van der Waals surface area contributed by atoms with E-state index in [2.05, 4.69) is 51.0 Å². The summed E-state index contributed by atoms with van der Waals surface area (Å²) in [5.74, 6) is 0. The molecule has 0 N–H and O–H groups in total. The van der Waals surface area contributed by atoms with E-state index in [9.17, 15) is 0 Å². The molecule has 98 valence electrons. The number of hydrogen-bond acceptors (Lipinski definition) is 2. The molecule has 0 aromatic heterocycles. The number of fused-ring (bicyclic) bond motifs is 1. The highest BCUT2D eigenvalue weighted by molar-refractivity contribution is 6.04. The van der Waals surface area contributed by atoms with Gasteiger partial charge in [-0.15, -0.1) is 0 Å². The third-order valence-corrected chi connectivity index (χ3v) is 3.38. The molecule has 2 nitrogen and oxygen atoms in total. The molecular formula is C16H23NO. The van der Waals surface area contributed by atoms with E-state index in [0.717, 1.165) is 25.0 Å². The Balaban J connectivity index is 2.23. The molecule has 0 aliphatic heterocycles. The summed E-state index contributed by atoms with van der Waals surface area (Å²) in [6.45, 7) is 9.56. The Hall–Kier alpha value is -1.31. The van der Waals surface area contributed by atoms with Gasteiger partial charge in [-0.25, -0.2) is 0 Å². The Kier molecular flexibility index (Phi) is 3.74. The highest BCUT2D eigenvalue weighted by atomic mass is 16.6. The summed E-state index contributed by atoms with van der Waals surface area (Å²) in [5, 5.41) is 4.26. The van der Waals surface area contributed by atoms with Crippen molar-refractivity contribution in [3.8, 4) is 0 Å². The van der Waals surface area contributed by atoms with Crippen molar-refractivity contribution in [1.82, 2.24) is 0 Å². The van der Waals surface area contributed by atoms with Crippen LogP contribution in [0.4, 0.5) is 0 Å². The Morgan fingerprint density at radius 2 is 2.00 bits per heavy atom. The van der Waals surface area contributed by atoms with Crippen LogP contribution in [0.25, 0.3) is 0 Å². The van der Waals surface area contributed by atoms with E-state index in [1.807, 2.05) is 0 Å². The fourth-order valence-corrected chi connectivity index (χ4v) is 2.25. The summed E-state index contributed by atoms with van der Waals surface area (Å²) in [4.78, 5) is 5.31. The van der Waals surface area contributed by atoms with Crippen LogP contribution >= 0.6 is 0 Å². The lowest BCUT2D eigenvalue weighted by molar-refractivity contribution is 0.145. The highest BCUT2D eigenvalue weighted by Crippen LogP contribution is 2.29. The van der Waals surface area contributed by atoms with E-state index in [1.54, 1.807) is 0 Å².